The van der Waals surface area contributed by atoms with E-state index in [1.807, 2.05) is 0 Å². The first-order valence-electron chi connectivity index (χ1n) is 3.08. The lowest BCUT2D eigenvalue weighted by atomic mass is 10.2. The molecule has 2 N–H and O–H groups in total. The molecule has 74 valence electrons. The molecule has 1 rings (SSSR count). The molecule has 0 bridgehead atoms. The van der Waals surface area contributed by atoms with Gasteiger partial charge in [-0.3, -0.25) is 0 Å². The molecule has 0 unspecified atom stereocenters. The zero-order valence-corrected chi connectivity index (χ0v) is 7.15. The fraction of sp³-hybridized carbons (Fsp3) is 0.143. The Balaban J connectivity index is 0.00000144. The van der Waals surface area contributed by atoms with Crippen LogP contribution < -0.4 is 10.7 Å². The number of hydrogen-bond donors (Lipinski definition) is 1. The highest BCUT2D eigenvalue weighted by Crippen LogP contribution is 2.29. The third-order valence-electron chi connectivity index (χ3n) is 1.32. The van der Waals surface area contributed by atoms with E-state index in [0.29, 0.717) is 0 Å². The van der Waals surface area contributed by atoms with Crippen LogP contribution in [0.2, 0.25) is 0 Å². The second kappa shape index (κ2) is 4.34. The number of benzene rings is 1. The smallest absolute Gasteiger partial charge is 0.412 e. The van der Waals surface area contributed by atoms with E-state index in [0.717, 1.165) is 24.3 Å². The molecule has 0 saturated heterocycles. The summed E-state index contributed by atoms with van der Waals surface area (Å²) < 4.78 is 35.9. The molecule has 0 spiro atoms. The van der Waals surface area contributed by atoms with E-state index in [1.165, 1.54) is 0 Å². The lowest BCUT2D eigenvalue weighted by Gasteiger charge is -2.06. The van der Waals surface area contributed by atoms with Crippen molar-refractivity contribution < 1.29 is 18.0 Å². The van der Waals surface area contributed by atoms with Crippen LogP contribution in [-0.4, -0.2) is 0 Å². The number of nitrogens with two attached hydrogens (primary N) is 1. The summed E-state index contributed by atoms with van der Waals surface area (Å²) in [5, 5.41) is 0. The Morgan fingerprint density at radius 1 is 1.08 bits per heavy atom. The van der Waals surface area contributed by atoms with Gasteiger partial charge in [0.1, 0.15) is 5.75 Å². The van der Waals surface area contributed by atoms with Gasteiger partial charge >= 0.3 is 6.18 Å². The Hall–Kier alpha value is -0.940. The first-order valence-corrected chi connectivity index (χ1v) is 3.08. The summed E-state index contributed by atoms with van der Waals surface area (Å²) in [6, 6.07) is 4.12. The van der Waals surface area contributed by atoms with Crippen molar-refractivity contribution in [1.82, 2.24) is 0 Å². The molecule has 0 aliphatic rings. The standard InChI is InChI=1S/C7H6F3NO.ClH/c8-7(9,10)5-1-3-6(12-11)4-2-5;/h1-4H,11H2;1H. The van der Waals surface area contributed by atoms with Crippen LogP contribution in [0.25, 0.3) is 0 Å². The van der Waals surface area contributed by atoms with Crippen molar-refractivity contribution in [2.45, 2.75) is 6.18 Å². The highest BCUT2D eigenvalue weighted by molar-refractivity contribution is 5.85. The summed E-state index contributed by atoms with van der Waals surface area (Å²) in [6.07, 6.45) is -4.31. The minimum atomic E-state index is -4.31. The normalized spacial score (nSPS) is 10.5. The zero-order chi connectivity index (χ0) is 9.19. The van der Waals surface area contributed by atoms with Gasteiger partial charge in [-0.2, -0.15) is 19.1 Å². The van der Waals surface area contributed by atoms with Crippen LogP contribution in [0.3, 0.4) is 0 Å². The molecular weight excluding hydrogens is 207 g/mol. The fourth-order valence-electron chi connectivity index (χ4n) is 0.722. The van der Waals surface area contributed by atoms with Crippen LogP contribution >= 0.6 is 12.4 Å². The highest BCUT2D eigenvalue weighted by atomic mass is 35.5. The van der Waals surface area contributed by atoms with Gasteiger partial charge in [-0.15, -0.1) is 12.4 Å². The fourth-order valence-corrected chi connectivity index (χ4v) is 0.722. The van der Waals surface area contributed by atoms with Crippen molar-refractivity contribution in [1.29, 1.82) is 0 Å². The Labute approximate surface area is 78.9 Å². The molecule has 0 amide bonds. The number of hydrogen-bond acceptors (Lipinski definition) is 2. The molecule has 0 aliphatic carbocycles. The Morgan fingerprint density at radius 3 is 1.85 bits per heavy atom. The van der Waals surface area contributed by atoms with E-state index < -0.39 is 11.7 Å². The van der Waals surface area contributed by atoms with E-state index in [4.69, 9.17) is 5.90 Å². The van der Waals surface area contributed by atoms with Gasteiger partial charge in [0.25, 0.3) is 0 Å². The van der Waals surface area contributed by atoms with Crippen molar-refractivity contribution in [2.24, 2.45) is 5.90 Å². The number of rotatable bonds is 1. The molecule has 0 aliphatic heterocycles. The molecule has 0 atom stereocenters. The maximum atomic E-state index is 12.0. The molecule has 1 aromatic carbocycles. The number of alkyl halides is 3. The van der Waals surface area contributed by atoms with Crippen LogP contribution in [0.1, 0.15) is 5.56 Å². The van der Waals surface area contributed by atoms with E-state index in [2.05, 4.69) is 4.84 Å². The van der Waals surface area contributed by atoms with E-state index in [1.54, 1.807) is 0 Å². The van der Waals surface area contributed by atoms with Gasteiger partial charge in [0.05, 0.1) is 5.56 Å². The molecule has 0 saturated carbocycles. The second-order valence-corrected chi connectivity index (χ2v) is 2.14. The molecule has 0 aromatic heterocycles. The predicted octanol–water partition coefficient (Wildman–Crippen LogP) is 2.38. The molecule has 1 aromatic rings. The lowest BCUT2D eigenvalue weighted by Crippen LogP contribution is -2.06. The van der Waals surface area contributed by atoms with E-state index in [9.17, 15) is 13.2 Å². The van der Waals surface area contributed by atoms with Gasteiger partial charge < -0.3 is 4.84 Å². The van der Waals surface area contributed by atoms with Gasteiger partial charge in [0.15, 0.2) is 0 Å². The molecule has 0 heterocycles. The maximum Gasteiger partial charge on any atom is 0.416 e. The molecule has 0 fully saturated rings. The van der Waals surface area contributed by atoms with Gasteiger partial charge in [-0.1, -0.05) is 0 Å². The molecular formula is C7H7ClF3NO. The van der Waals surface area contributed by atoms with Crippen molar-refractivity contribution in [3.63, 3.8) is 0 Å². The van der Waals surface area contributed by atoms with Crippen molar-refractivity contribution in [3.8, 4) is 5.75 Å². The van der Waals surface area contributed by atoms with Gasteiger partial charge in [0, 0.05) is 0 Å². The summed E-state index contributed by atoms with van der Waals surface area (Å²) in [7, 11) is 0. The van der Waals surface area contributed by atoms with E-state index in [-0.39, 0.29) is 18.2 Å². The van der Waals surface area contributed by atoms with Gasteiger partial charge in [0.2, 0.25) is 0 Å². The third-order valence-corrected chi connectivity index (χ3v) is 1.32. The monoisotopic (exact) mass is 213 g/mol. The SMILES string of the molecule is Cl.NOc1ccc(C(F)(F)F)cc1. The average Bonchev–Trinajstić information content (AvgIpc) is 2.03. The van der Waals surface area contributed by atoms with Crippen molar-refractivity contribution >= 4 is 12.4 Å². The van der Waals surface area contributed by atoms with Crippen molar-refractivity contribution in [3.05, 3.63) is 29.8 Å². The van der Waals surface area contributed by atoms with Crippen LogP contribution in [0.4, 0.5) is 13.2 Å². The maximum absolute atomic E-state index is 12.0. The summed E-state index contributed by atoms with van der Waals surface area (Å²) in [5.41, 5.74) is -0.719. The molecule has 13 heavy (non-hydrogen) atoms. The molecule has 6 heteroatoms. The summed E-state index contributed by atoms with van der Waals surface area (Å²) in [4.78, 5) is 4.21. The Kier molecular flexibility index (Phi) is 4.03. The average molecular weight is 214 g/mol. The molecule has 2 nitrogen and oxygen atoms in total. The lowest BCUT2D eigenvalue weighted by molar-refractivity contribution is -0.137. The second-order valence-electron chi connectivity index (χ2n) is 2.14. The first-order chi connectivity index (χ1) is 5.54. The first kappa shape index (κ1) is 12.1. The largest absolute Gasteiger partial charge is 0.416 e. The summed E-state index contributed by atoms with van der Waals surface area (Å²) in [6.45, 7) is 0. The van der Waals surface area contributed by atoms with Crippen LogP contribution in [0, 0.1) is 0 Å². The predicted molar refractivity (Wildman–Crippen MR) is 43.5 cm³/mol. The summed E-state index contributed by atoms with van der Waals surface area (Å²) in [5.74, 6) is 4.92. The van der Waals surface area contributed by atoms with Crippen LogP contribution in [-0.2, 0) is 6.18 Å². The summed E-state index contributed by atoms with van der Waals surface area (Å²) >= 11 is 0. The minimum absolute atomic E-state index is 0. The third kappa shape index (κ3) is 3.12. The van der Waals surface area contributed by atoms with E-state index >= 15 is 0 Å². The zero-order valence-electron chi connectivity index (χ0n) is 6.34. The van der Waals surface area contributed by atoms with Gasteiger partial charge in [-0.05, 0) is 24.3 Å². The Bertz CT molecular complexity index is 259. The number of halogens is 4. The van der Waals surface area contributed by atoms with Crippen LogP contribution in [0.15, 0.2) is 24.3 Å². The van der Waals surface area contributed by atoms with Gasteiger partial charge in [-0.25, -0.2) is 0 Å². The highest BCUT2D eigenvalue weighted by Gasteiger charge is 2.29. The Morgan fingerprint density at radius 2 is 1.54 bits per heavy atom. The quantitative estimate of drug-likeness (QED) is 0.727. The van der Waals surface area contributed by atoms with Crippen LogP contribution in [0.5, 0.6) is 5.75 Å². The molecule has 0 radical (unpaired) electrons. The van der Waals surface area contributed by atoms with Crippen molar-refractivity contribution in [2.75, 3.05) is 0 Å². The minimum Gasteiger partial charge on any atom is -0.412 e. The topological polar surface area (TPSA) is 35.2 Å².